The van der Waals surface area contributed by atoms with Gasteiger partial charge in [-0.2, -0.15) is 0 Å². The minimum Gasteiger partial charge on any atom is -0.454 e. The summed E-state index contributed by atoms with van der Waals surface area (Å²) in [5.74, 6) is -1.45. The number of nitro groups is 1. The number of anilines is 1. The third kappa shape index (κ3) is 5.23. The molecular weight excluding hydrogens is 364 g/mol. The van der Waals surface area contributed by atoms with Gasteiger partial charge in [-0.15, -0.1) is 0 Å². The van der Waals surface area contributed by atoms with E-state index >= 15 is 0 Å². The maximum atomic E-state index is 12.2. The smallest absolute Gasteiger partial charge is 0.338 e. The van der Waals surface area contributed by atoms with Gasteiger partial charge in [0.1, 0.15) is 0 Å². The van der Waals surface area contributed by atoms with Crippen molar-refractivity contribution in [1.29, 1.82) is 0 Å². The van der Waals surface area contributed by atoms with Crippen LogP contribution in [0.15, 0.2) is 42.5 Å². The van der Waals surface area contributed by atoms with Crippen molar-refractivity contribution in [3.63, 3.8) is 0 Å². The van der Waals surface area contributed by atoms with Crippen LogP contribution in [0.1, 0.15) is 40.1 Å². The van der Waals surface area contributed by atoms with Gasteiger partial charge in [-0.05, 0) is 43.3 Å². The SMILES string of the molecule is Cc1cc(C(=O)OCC(=O)c2ccc(NC(=O)C(C)C)cc2)ccc1[N+](=O)[O-]. The zero-order chi connectivity index (χ0) is 20.8. The Balaban J connectivity index is 1.96. The van der Waals surface area contributed by atoms with Crippen LogP contribution >= 0.6 is 0 Å². The lowest BCUT2D eigenvalue weighted by Crippen LogP contribution is -2.18. The monoisotopic (exact) mass is 384 g/mol. The Hall–Kier alpha value is -3.55. The van der Waals surface area contributed by atoms with Crippen molar-refractivity contribution in [2.24, 2.45) is 5.92 Å². The van der Waals surface area contributed by atoms with Crippen LogP contribution in [0.3, 0.4) is 0 Å². The van der Waals surface area contributed by atoms with Crippen molar-refractivity contribution in [3.8, 4) is 0 Å². The van der Waals surface area contributed by atoms with E-state index in [1.165, 1.54) is 37.3 Å². The fourth-order valence-electron chi connectivity index (χ4n) is 2.31. The van der Waals surface area contributed by atoms with Crippen molar-refractivity contribution >= 4 is 29.0 Å². The highest BCUT2D eigenvalue weighted by Crippen LogP contribution is 2.19. The molecule has 0 aliphatic carbocycles. The molecule has 146 valence electrons. The number of rotatable bonds is 7. The molecule has 0 fully saturated rings. The first-order chi connectivity index (χ1) is 13.2. The summed E-state index contributed by atoms with van der Waals surface area (Å²) in [5.41, 5.74) is 1.24. The molecule has 0 spiro atoms. The molecule has 0 aliphatic heterocycles. The highest BCUT2D eigenvalue weighted by Gasteiger charge is 2.16. The molecule has 1 N–H and O–H groups in total. The zero-order valence-electron chi connectivity index (χ0n) is 15.7. The van der Waals surface area contributed by atoms with Crippen LogP contribution in [0.4, 0.5) is 11.4 Å². The maximum Gasteiger partial charge on any atom is 0.338 e. The Morgan fingerprint density at radius 3 is 2.21 bits per heavy atom. The predicted molar refractivity (Wildman–Crippen MR) is 102 cm³/mol. The molecule has 0 atom stereocenters. The number of ether oxygens (including phenoxy) is 1. The lowest BCUT2D eigenvalue weighted by molar-refractivity contribution is -0.385. The number of esters is 1. The number of nitrogens with zero attached hydrogens (tertiary/aromatic N) is 1. The summed E-state index contributed by atoms with van der Waals surface area (Å²) in [5, 5.41) is 13.5. The highest BCUT2D eigenvalue weighted by molar-refractivity contribution is 6.00. The summed E-state index contributed by atoms with van der Waals surface area (Å²) in [6, 6.07) is 10.1. The molecule has 8 nitrogen and oxygen atoms in total. The first-order valence-electron chi connectivity index (χ1n) is 8.55. The molecule has 2 aromatic carbocycles. The van der Waals surface area contributed by atoms with E-state index < -0.39 is 23.3 Å². The Kier molecular flexibility index (Phi) is 6.59. The number of nitro benzene ring substituents is 1. The van der Waals surface area contributed by atoms with E-state index in [1.54, 1.807) is 26.0 Å². The van der Waals surface area contributed by atoms with E-state index in [9.17, 15) is 24.5 Å². The summed E-state index contributed by atoms with van der Waals surface area (Å²) in [4.78, 5) is 46.2. The molecule has 0 saturated heterocycles. The van der Waals surface area contributed by atoms with Crippen molar-refractivity contribution in [2.45, 2.75) is 20.8 Å². The Labute approximate surface area is 161 Å². The van der Waals surface area contributed by atoms with Crippen LogP contribution in [-0.2, 0) is 9.53 Å². The largest absolute Gasteiger partial charge is 0.454 e. The molecule has 0 unspecified atom stereocenters. The van der Waals surface area contributed by atoms with Crippen LogP contribution in [0.25, 0.3) is 0 Å². The fraction of sp³-hybridized carbons (Fsp3) is 0.250. The summed E-state index contributed by atoms with van der Waals surface area (Å²) in [6.45, 7) is 4.59. The Morgan fingerprint density at radius 2 is 1.68 bits per heavy atom. The third-order valence-electron chi connectivity index (χ3n) is 3.96. The van der Waals surface area contributed by atoms with Gasteiger partial charge in [0, 0.05) is 28.8 Å². The number of Topliss-reactive ketones (excluding diaryl/α,β-unsaturated/α-hetero) is 1. The molecule has 8 heteroatoms. The van der Waals surface area contributed by atoms with Gasteiger partial charge in [0.05, 0.1) is 10.5 Å². The minimum absolute atomic E-state index is 0.0997. The normalized spacial score (nSPS) is 10.4. The van der Waals surface area contributed by atoms with Gasteiger partial charge in [-0.3, -0.25) is 19.7 Å². The average Bonchev–Trinajstić information content (AvgIpc) is 2.65. The van der Waals surface area contributed by atoms with E-state index in [2.05, 4.69) is 5.32 Å². The van der Waals surface area contributed by atoms with Crippen molar-refractivity contribution < 1.29 is 24.0 Å². The van der Waals surface area contributed by atoms with Gasteiger partial charge in [-0.1, -0.05) is 13.8 Å². The van der Waals surface area contributed by atoms with Gasteiger partial charge >= 0.3 is 5.97 Å². The molecule has 28 heavy (non-hydrogen) atoms. The molecular formula is C20H20N2O6. The Bertz CT molecular complexity index is 919. The maximum absolute atomic E-state index is 12.2. The van der Waals surface area contributed by atoms with Gasteiger partial charge in [0.2, 0.25) is 5.91 Å². The van der Waals surface area contributed by atoms with Crippen LogP contribution in [0.5, 0.6) is 0 Å². The van der Waals surface area contributed by atoms with Crippen molar-refractivity contribution in [3.05, 3.63) is 69.3 Å². The number of nitrogens with one attached hydrogen (secondary N) is 1. The van der Waals surface area contributed by atoms with E-state index in [4.69, 9.17) is 4.74 Å². The molecule has 2 rings (SSSR count). The number of carbonyl (C=O) groups excluding carboxylic acids is 3. The minimum atomic E-state index is -0.743. The van der Waals surface area contributed by atoms with Gasteiger partial charge < -0.3 is 10.1 Å². The van der Waals surface area contributed by atoms with E-state index in [0.717, 1.165) is 0 Å². The molecule has 0 aliphatic rings. The standard InChI is InChI=1S/C20H20N2O6/c1-12(2)19(24)21-16-7-4-14(5-8-16)18(23)11-28-20(25)15-6-9-17(22(26)27)13(3)10-15/h4-10,12H,11H2,1-3H3,(H,21,24). The number of ketones is 1. The first kappa shape index (κ1) is 20.8. The van der Waals surface area contributed by atoms with Crippen LogP contribution in [0.2, 0.25) is 0 Å². The molecule has 0 aromatic heterocycles. The quantitative estimate of drug-likeness (QED) is 0.338. The predicted octanol–water partition coefficient (Wildman–Crippen LogP) is 3.54. The van der Waals surface area contributed by atoms with E-state index in [0.29, 0.717) is 16.8 Å². The molecule has 0 radical (unpaired) electrons. The molecule has 0 heterocycles. The van der Waals surface area contributed by atoms with Crippen molar-refractivity contribution in [2.75, 3.05) is 11.9 Å². The molecule has 0 saturated carbocycles. The second-order valence-corrected chi connectivity index (χ2v) is 6.48. The second kappa shape index (κ2) is 8.90. The first-order valence-corrected chi connectivity index (χ1v) is 8.55. The molecule has 0 bridgehead atoms. The summed E-state index contributed by atoms with van der Waals surface area (Å²) >= 11 is 0. The van der Waals surface area contributed by atoms with E-state index in [1.807, 2.05) is 0 Å². The molecule has 1 amide bonds. The number of amides is 1. The molecule has 2 aromatic rings. The topological polar surface area (TPSA) is 116 Å². The van der Waals surface area contributed by atoms with Crippen molar-refractivity contribution in [1.82, 2.24) is 0 Å². The third-order valence-corrected chi connectivity index (χ3v) is 3.96. The lowest BCUT2D eigenvalue weighted by Gasteiger charge is -2.09. The number of hydrogen-bond donors (Lipinski definition) is 1. The van der Waals surface area contributed by atoms with Crippen LogP contribution in [-0.4, -0.2) is 29.2 Å². The lowest BCUT2D eigenvalue weighted by atomic mass is 10.1. The van der Waals surface area contributed by atoms with Gasteiger partial charge in [0.15, 0.2) is 12.4 Å². The number of aryl methyl sites for hydroxylation is 1. The highest BCUT2D eigenvalue weighted by atomic mass is 16.6. The van der Waals surface area contributed by atoms with Gasteiger partial charge in [0.25, 0.3) is 5.69 Å². The summed E-state index contributed by atoms with van der Waals surface area (Å²) < 4.78 is 5.00. The number of benzene rings is 2. The van der Waals surface area contributed by atoms with Crippen LogP contribution < -0.4 is 5.32 Å². The van der Waals surface area contributed by atoms with E-state index in [-0.39, 0.29) is 23.1 Å². The number of carbonyl (C=O) groups is 3. The van der Waals surface area contributed by atoms with Gasteiger partial charge in [-0.25, -0.2) is 4.79 Å². The van der Waals surface area contributed by atoms with Crippen LogP contribution in [0, 0.1) is 23.0 Å². The summed E-state index contributed by atoms with van der Waals surface area (Å²) in [7, 11) is 0. The summed E-state index contributed by atoms with van der Waals surface area (Å²) in [6.07, 6.45) is 0. The Morgan fingerprint density at radius 1 is 1.07 bits per heavy atom. The zero-order valence-corrected chi connectivity index (χ0v) is 15.7. The fourth-order valence-corrected chi connectivity index (χ4v) is 2.31. The average molecular weight is 384 g/mol. The second-order valence-electron chi connectivity index (χ2n) is 6.48. The number of hydrogen-bond acceptors (Lipinski definition) is 6.